The smallest absolute Gasteiger partial charge is 0.139 e. The van der Waals surface area contributed by atoms with E-state index >= 15 is 0 Å². The summed E-state index contributed by atoms with van der Waals surface area (Å²) in [4.78, 5) is 25.1. The minimum absolute atomic E-state index is 0.136. The Morgan fingerprint density at radius 1 is 1.17 bits per heavy atom. The second-order valence-corrected chi connectivity index (χ2v) is 8.52. The van der Waals surface area contributed by atoms with Crippen LogP contribution in [0.25, 0.3) is 0 Å². The first-order valence-electron chi connectivity index (χ1n) is 9.20. The minimum atomic E-state index is -0.526. The maximum absolute atomic E-state index is 12.7. The predicted octanol–water partition coefficient (Wildman–Crippen LogP) is 3.69. The Hall–Kier alpha value is -0.960. The van der Waals surface area contributed by atoms with Gasteiger partial charge < -0.3 is 5.11 Å². The highest BCUT2D eigenvalue weighted by Crippen LogP contribution is 2.61. The lowest BCUT2D eigenvalue weighted by molar-refractivity contribution is -0.147. The fourth-order valence-electron chi connectivity index (χ4n) is 5.93. The first-order valence-corrected chi connectivity index (χ1v) is 9.20. The van der Waals surface area contributed by atoms with Crippen LogP contribution in [-0.2, 0) is 9.59 Å². The number of carbonyl (C=O) groups excluding carboxylic acids is 2. The second kappa shape index (κ2) is 5.84. The molecule has 4 unspecified atom stereocenters. The molecular formula is C20H30O3. The summed E-state index contributed by atoms with van der Waals surface area (Å²) >= 11 is 0. The van der Waals surface area contributed by atoms with Gasteiger partial charge in [-0.15, -0.1) is 6.58 Å². The zero-order valence-electron chi connectivity index (χ0n) is 14.5. The monoisotopic (exact) mass is 318 g/mol. The molecule has 0 aromatic carbocycles. The van der Waals surface area contributed by atoms with Crippen LogP contribution in [0.15, 0.2) is 12.7 Å². The van der Waals surface area contributed by atoms with Crippen molar-refractivity contribution in [2.75, 3.05) is 0 Å². The molecule has 0 aromatic rings. The third kappa shape index (κ3) is 2.52. The standard InChI is InChI=1S/C20H30O3/c1-4-13(21)9-11-19(2)16-10-12-20(3)15(6-8-18(20)23)14(16)5-7-17(19)22/h4,13-16,21H,1,5-12H2,2-3H3/t13?,14?,15?,16?,19-,20+/m0/s1. The normalized spacial score (nSPS) is 44.6. The van der Waals surface area contributed by atoms with E-state index in [1.165, 1.54) is 0 Å². The van der Waals surface area contributed by atoms with Gasteiger partial charge in [-0.2, -0.15) is 0 Å². The largest absolute Gasteiger partial charge is 0.389 e. The number of hydrogen-bond acceptors (Lipinski definition) is 3. The van der Waals surface area contributed by atoms with Gasteiger partial charge in [0.05, 0.1) is 6.10 Å². The molecule has 3 fully saturated rings. The Morgan fingerprint density at radius 3 is 2.57 bits per heavy atom. The molecule has 3 heteroatoms. The minimum Gasteiger partial charge on any atom is -0.389 e. The van der Waals surface area contributed by atoms with Crippen LogP contribution in [0.1, 0.15) is 65.2 Å². The van der Waals surface area contributed by atoms with Gasteiger partial charge in [0.25, 0.3) is 0 Å². The summed E-state index contributed by atoms with van der Waals surface area (Å²) in [5.41, 5.74) is -0.469. The van der Waals surface area contributed by atoms with Gasteiger partial charge in [-0.1, -0.05) is 19.9 Å². The molecule has 3 nitrogen and oxygen atoms in total. The predicted molar refractivity (Wildman–Crippen MR) is 89.8 cm³/mol. The van der Waals surface area contributed by atoms with E-state index in [1.807, 2.05) is 0 Å². The van der Waals surface area contributed by atoms with Crippen molar-refractivity contribution in [2.45, 2.75) is 71.3 Å². The van der Waals surface area contributed by atoms with Crippen LogP contribution in [0.2, 0.25) is 0 Å². The van der Waals surface area contributed by atoms with Crippen LogP contribution in [0.5, 0.6) is 0 Å². The molecule has 3 rings (SSSR count). The lowest BCUT2D eigenvalue weighted by Crippen LogP contribution is -2.52. The summed E-state index contributed by atoms with van der Waals surface area (Å²) in [6, 6.07) is 0. The van der Waals surface area contributed by atoms with Crippen molar-refractivity contribution >= 4 is 11.6 Å². The Labute approximate surface area is 139 Å². The van der Waals surface area contributed by atoms with Crippen molar-refractivity contribution in [3.63, 3.8) is 0 Å². The van der Waals surface area contributed by atoms with Gasteiger partial charge in [0.1, 0.15) is 11.6 Å². The van der Waals surface area contributed by atoms with Gasteiger partial charge in [0, 0.05) is 23.7 Å². The molecule has 0 aliphatic heterocycles. The maximum atomic E-state index is 12.7. The molecule has 0 spiro atoms. The Bertz CT molecular complexity index is 525. The molecule has 0 amide bonds. The van der Waals surface area contributed by atoms with Gasteiger partial charge in [0.2, 0.25) is 0 Å². The molecule has 1 N–H and O–H groups in total. The van der Waals surface area contributed by atoms with Crippen molar-refractivity contribution in [1.82, 2.24) is 0 Å². The van der Waals surface area contributed by atoms with Crippen molar-refractivity contribution < 1.29 is 14.7 Å². The van der Waals surface area contributed by atoms with E-state index in [1.54, 1.807) is 6.08 Å². The average Bonchev–Trinajstić information content (AvgIpc) is 2.84. The highest BCUT2D eigenvalue weighted by molar-refractivity contribution is 5.88. The summed E-state index contributed by atoms with van der Waals surface area (Å²) in [6.07, 6.45) is 7.62. The summed E-state index contributed by atoms with van der Waals surface area (Å²) in [5, 5.41) is 9.84. The number of aliphatic hydroxyl groups excluding tert-OH is 1. The summed E-state index contributed by atoms with van der Waals surface area (Å²) in [7, 11) is 0. The summed E-state index contributed by atoms with van der Waals surface area (Å²) < 4.78 is 0. The first kappa shape index (κ1) is 16.9. The zero-order valence-corrected chi connectivity index (χ0v) is 14.5. The number of fused-ring (bicyclic) bond motifs is 3. The number of hydrogen-bond donors (Lipinski definition) is 1. The number of ketones is 2. The topological polar surface area (TPSA) is 54.4 Å². The van der Waals surface area contributed by atoms with Crippen LogP contribution in [0.3, 0.4) is 0 Å². The van der Waals surface area contributed by atoms with Gasteiger partial charge in [-0.25, -0.2) is 0 Å². The molecule has 23 heavy (non-hydrogen) atoms. The molecule has 3 saturated carbocycles. The van der Waals surface area contributed by atoms with Crippen molar-refractivity contribution in [2.24, 2.45) is 28.6 Å². The lowest BCUT2D eigenvalue weighted by Gasteiger charge is -2.54. The molecule has 3 aliphatic carbocycles. The SMILES string of the molecule is C=CC(O)CC[C@]1(C)C(=O)CCC2C3CCC(=O)[C@]3(C)CCC21. The fraction of sp³-hybridized carbons (Fsp3) is 0.800. The van der Waals surface area contributed by atoms with E-state index in [-0.39, 0.29) is 10.8 Å². The lowest BCUT2D eigenvalue weighted by atomic mass is 9.49. The van der Waals surface area contributed by atoms with E-state index in [4.69, 9.17) is 0 Å². The third-order valence-corrected chi connectivity index (χ3v) is 7.54. The molecule has 3 aliphatic rings. The molecule has 6 atom stereocenters. The van der Waals surface area contributed by atoms with Crippen LogP contribution in [0, 0.1) is 28.6 Å². The third-order valence-electron chi connectivity index (χ3n) is 7.54. The second-order valence-electron chi connectivity index (χ2n) is 8.52. The Kier molecular flexibility index (Phi) is 4.29. The van der Waals surface area contributed by atoms with E-state index < -0.39 is 6.10 Å². The van der Waals surface area contributed by atoms with Crippen LogP contribution in [-0.4, -0.2) is 22.8 Å². The zero-order chi connectivity index (χ0) is 16.8. The van der Waals surface area contributed by atoms with E-state index in [2.05, 4.69) is 20.4 Å². The molecular weight excluding hydrogens is 288 g/mol. The van der Waals surface area contributed by atoms with Crippen LogP contribution < -0.4 is 0 Å². The van der Waals surface area contributed by atoms with E-state index in [0.29, 0.717) is 42.2 Å². The quantitative estimate of drug-likeness (QED) is 0.804. The van der Waals surface area contributed by atoms with E-state index in [9.17, 15) is 14.7 Å². The highest BCUT2D eigenvalue weighted by Gasteiger charge is 2.59. The molecule has 0 bridgehead atoms. The molecule has 0 radical (unpaired) electrons. The molecule has 0 saturated heterocycles. The first-order chi connectivity index (χ1) is 10.8. The van der Waals surface area contributed by atoms with Crippen molar-refractivity contribution in [3.8, 4) is 0 Å². The van der Waals surface area contributed by atoms with Gasteiger partial charge >= 0.3 is 0 Å². The number of Topliss-reactive ketones (excluding diaryl/α,β-unsaturated/α-hetero) is 2. The highest BCUT2D eigenvalue weighted by atomic mass is 16.3. The molecule has 0 aromatic heterocycles. The number of rotatable bonds is 4. The van der Waals surface area contributed by atoms with E-state index in [0.717, 1.165) is 38.5 Å². The van der Waals surface area contributed by atoms with Crippen molar-refractivity contribution in [3.05, 3.63) is 12.7 Å². The molecule has 128 valence electrons. The fourth-order valence-corrected chi connectivity index (χ4v) is 5.93. The summed E-state index contributed by atoms with van der Waals surface area (Å²) in [6.45, 7) is 7.91. The van der Waals surface area contributed by atoms with Crippen LogP contribution >= 0.6 is 0 Å². The van der Waals surface area contributed by atoms with Crippen LogP contribution in [0.4, 0.5) is 0 Å². The average molecular weight is 318 g/mol. The Morgan fingerprint density at radius 2 is 1.87 bits per heavy atom. The number of carbonyl (C=O) groups is 2. The Balaban J connectivity index is 1.84. The van der Waals surface area contributed by atoms with Gasteiger partial charge in [0.15, 0.2) is 0 Å². The van der Waals surface area contributed by atoms with Crippen molar-refractivity contribution in [1.29, 1.82) is 0 Å². The van der Waals surface area contributed by atoms with Gasteiger partial charge in [-0.3, -0.25) is 9.59 Å². The van der Waals surface area contributed by atoms with Gasteiger partial charge in [-0.05, 0) is 56.3 Å². The summed E-state index contributed by atoms with van der Waals surface area (Å²) in [5.74, 6) is 2.16. The molecule has 0 heterocycles. The maximum Gasteiger partial charge on any atom is 0.139 e. The number of aliphatic hydroxyl groups is 1.